The molecule has 1 aliphatic heterocycles. The third kappa shape index (κ3) is 2.70. The molecule has 1 saturated heterocycles. The fourth-order valence-corrected chi connectivity index (χ4v) is 2.01. The van der Waals surface area contributed by atoms with E-state index in [-0.39, 0.29) is 6.61 Å². The normalized spacial score (nSPS) is 32.0. The minimum atomic E-state index is -1.30. The van der Waals surface area contributed by atoms with E-state index in [1.807, 2.05) is 0 Å². The minimum Gasteiger partial charge on any atom is -0.380 e. The maximum Gasteiger partial charge on any atom is 0.164 e. The summed E-state index contributed by atoms with van der Waals surface area (Å²) >= 11 is 0. The highest BCUT2D eigenvalue weighted by atomic mass is 31.0. The van der Waals surface area contributed by atoms with Gasteiger partial charge in [0.15, 0.2) is 5.79 Å². The lowest BCUT2D eigenvalue weighted by molar-refractivity contribution is -0.165. The van der Waals surface area contributed by atoms with Crippen LogP contribution in [-0.4, -0.2) is 35.3 Å². The van der Waals surface area contributed by atoms with E-state index in [1.165, 1.54) is 6.08 Å². The van der Waals surface area contributed by atoms with Crippen LogP contribution in [0.25, 0.3) is 0 Å². The van der Waals surface area contributed by atoms with Gasteiger partial charge in [-0.3, -0.25) is 0 Å². The molecule has 2 unspecified atom stereocenters. The topological polar surface area (TPSA) is 47.9 Å². The van der Waals surface area contributed by atoms with Crippen molar-refractivity contribution in [2.75, 3.05) is 6.61 Å². The fraction of sp³-hybridized carbons (Fsp3) is 0.636. The Kier molecular flexibility index (Phi) is 4.27. The van der Waals surface area contributed by atoms with E-state index in [9.17, 15) is 5.11 Å². The molecule has 1 aliphatic rings. The van der Waals surface area contributed by atoms with E-state index in [4.69, 9.17) is 14.0 Å². The zero-order chi connectivity index (χ0) is 12.4. The first kappa shape index (κ1) is 13.8. The van der Waals surface area contributed by atoms with Crippen LogP contribution in [0.5, 0.6) is 0 Å². The summed E-state index contributed by atoms with van der Waals surface area (Å²) in [5, 5.41) is 10.3. The van der Waals surface area contributed by atoms with Crippen LogP contribution in [0.3, 0.4) is 0 Å². The molecular weight excluding hydrogens is 227 g/mol. The molecule has 0 bridgehead atoms. The molecule has 0 aromatic heterocycles. The van der Waals surface area contributed by atoms with Gasteiger partial charge in [-0.25, -0.2) is 0 Å². The second-order valence-corrected chi connectivity index (χ2v) is 4.60. The van der Waals surface area contributed by atoms with Crippen LogP contribution in [0.1, 0.15) is 13.8 Å². The van der Waals surface area contributed by atoms with Gasteiger partial charge < -0.3 is 19.1 Å². The van der Waals surface area contributed by atoms with Crippen molar-refractivity contribution in [2.24, 2.45) is 0 Å². The summed E-state index contributed by atoms with van der Waals surface area (Å²) < 4.78 is 16.1. The van der Waals surface area contributed by atoms with Gasteiger partial charge in [0.25, 0.3) is 0 Å². The molecule has 0 spiro atoms. The molecule has 0 aromatic carbocycles. The first-order valence-corrected chi connectivity index (χ1v) is 5.51. The summed E-state index contributed by atoms with van der Waals surface area (Å²) in [7, 11) is 2.09. The van der Waals surface area contributed by atoms with Crippen molar-refractivity contribution in [2.45, 2.75) is 37.4 Å². The van der Waals surface area contributed by atoms with E-state index >= 15 is 0 Å². The lowest BCUT2D eigenvalue weighted by atomic mass is 9.93. The van der Waals surface area contributed by atoms with Gasteiger partial charge in [-0.05, 0) is 13.8 Å². The number of rotatable bonds is 5. The van der Waals surface area contributed by atoms with Crippen LogP contribution in [0, 0.1) is 0 Å². The summed E-state index contributed by atoms with van der Waals surface area (Å²) in [5.41, 5.74) is -1.30. The minimum absolute atomic E-state index is 0.0651. The van der Waals surface area contributed by atoms with Crippen molar-refractivity contribution in [3.63, 3.8) is 0 Å². The molecule has 4 atom stereocenters. The van der Waals surface area contributed by atoms with Crippen molar-refractivity contribution < 1.29 is 19.1 Å². The monoisotopic (exact) mass is 246 g/mol. The Morgan fingerprint density at radius 1 is 1.50 bits per heavy atom. The van der Waals surface area contributed by atoms with Gasteiger partial charge in [0.1, 0.15) is 17.8 Å². The molecular formula is C11H19O4P. The van der Waals surface area contributed by atoms with Crippen LogP contribution in [0.15, 0.2) is 25.3 Å². The third-order valence-corrected chi connectivity index (χ3v) is 2.69. The number of hydrogen-bond acceptors (Lipinski definition) is 4. The Morgan fingerprint density at radius 3 is 2.56 bits per heavy atom. The average molecular weight is 246 g/mol. The highest BCUT2D eigenvalue weighted by Gasteiger charge is 2.49. The van der Waals surface area contributed by atoms with Gasteiger partial charge in [-0.2, -0.15) is 0 Å². The Hall–Kier alpha value is -0.250. The Morgan fingerprint density at radius 2 is 2.12 bits per heavy atom. The van der Waals surface area contributed by atoms with Crippen LogP contribution in [-0.2, 0) is 14.0 Å². The Labute approximate surface area is 98.6 Å². The molecule has 1 fully saturated rings. The molecule has 0 radical (unpaired) electrons. The maximum atomic E-state index is 10.3. The summed E-state index contributed by atoms with van der Waals surface area (Å²) in [6, 6.07) is 0. The number of hydrogen-bond donors (Lipinski definition) is 1. The highest BCUT2D eigenvalue weighted by Crippen LogP contribution is 2.35. The molecule has 0 aliphatic carbocycles. The molecule has 1 heterocycles. The average Bonchev–Trinajstić information content (AvgIpc) is 2.54. The predicted molar refractivity (Wildman–Crippen MR) is 64.8 cm³/mol. The molecule has 0 aromatic rings. The molecule has 0 saturated carbocycles. The van der Waals surface area contributed by atoms with Crippen molar-refractivity contribution in [3.05, 3.63) is 25.3 Å². The van der Waals surface area contributed by atoms with E-state index in [0.29, 0.717) is 0 Å². The molecule has 1 N–H and O–H groups in total. The van der Waals surface area contributed by atoms with Gasteiger partial charge >= 0.3 is 0 Å². The number of aliphatic hydroxyl groups is 1. The SMILES string of the molecule is C=C[C@@H]1OC(C)(C)O[C@@H]1C(O)(C=C)COP. The van der Waals surface area contributed by atoms with Crippen LogP contribution >= 0.6 is 9.47 Å². The van der Waals surface area contributed by atoms with Crippen LogP contribution < -0.4 is 0 Å². The number of ether oxygens (including phenoxy) is 2. The largest absolute Gasteiger partial charge is 0.380 e. The molecule has 0 amide bonds. The van der Waals surface area contributed by atoms with Crippen LogP contribution in [0.4, 0.5) is 0 Å². The summed E-state index contributed by atoms with van der Waals surface area (Å²) in [5.74, 6) is -0.749. The summed E-state index contributed by atoms with van der Waals surface area (Å²) in [4.78, 5) is 0. The predicted octanol–water partition coefficient (Wildman–Crippen LogP) is 1.42. The molecule has 5 heteroatoms. The highest BCUT2D eigenvalue weighted by molar-refractivity contribution is 7.09. The molecule has 4 nitrogen and oxygen atoms in total. The van der Waals surface area contributed by atoms with E-state index < -0.39 is 23.6 Å². The maximum absolute atomic E-state index is 10.3. The molecule has 1 rings (SSSR count). The smallest absolute Gasteiger partial charge is 0.164 e. The quantitative estimate of drug-likeness (QED) is 0.588. The Balaban J connectivity index is 2.92. The van der Waals surface area contributed by atoms with Crippen molar-refractivity contribution in [1.29, 1.82) is 0 Å². The summed E-state index contributed by atoms with van der Waals surface area (Å²) in [6.45, 7) is 10.9. The van der Waals surface area contributed by atoms with Gasteiger partial charge in [0, 0.05) is 9.47 Å². The third-order valence-electron chi connectivity index (χ3n) is 2.52. The first-order valence-electron chi connectivity index (χ1n) is 5.04. The second kappa shape index (κ2) is 4.94. The fourth-order valence-electron chi connectivity index (χ4n) is 1.74. The van der Waals surface area contributed by atoms with Crippen molar-refractivity contribution in [3.8, 4) is 0 Å². The van der Waals surface area contributed by atoms with Gasteiger partial charge in [0.05, 0.1) is 6.61 Å². The zero-order valence-electron chi connectivity index (χ0n) is 9.68. The van der Waals surface area contributed by atoms with Gasteiger partial charge in [-0.1, -0.05) is 12.2 Å². The van der Waals surface area contributed by atoms with E-state index in [1.54, 1.807) is 19.9 Å². The van der Waals surface area contributed by atoms with Crippen molar-refractivity contribution >= 4 is 9.47 Å². The Bertz CT molecular complexity index is 279. The zero-order valence-corrected chi connectivity index (χ0v) is 10.8. The summed E-state index contributed by atoms with van der Waals surface area (Å²) in [6.07, 6.45) is 2.05. The van der Waals surface area contributed by atoms with E-state index in [0.717, 1.165) is 0 Å². The molecule has 92 valence electrons. The van der Waals surface area contributed by atoms with Gasteiger partial charge in [0.2, 0.25) is 0 Å². The van der Waals surface area contributed by atoms with Crippen LogP contribution in [0.2, 0.25) is 0 Å². The van der Waals surface area contributed by atoms with Gasteiger partial charge in [-0.15, -0.1) is 13.2 Å². The molecule has 16 heavy (non-hydrogen) atoms. The first-order chi connectivity index (χ1) is 7.38. The van der Waals surface area contributed by atoms with E-state index in [2.05, 4.69) is 22.6 Å². The van der Waals surface area contributed by atoms with Crippen molar-refractivity contribution in [1.82, 2.24) is 0 Å². The lowest BCUT2D eigenvalue weighted by Crippen LogP contribution is -2.49. The standard InChI is InChI=1S/C11H19O4P/c1-5-8-9(15-10(3,4)14-8)11(12,6-2)7-13-16/h5-6,8-9,12H,1-2,7,16H2,3-4H3/t8-,9-,11?/m0/s1. The second-order valence-electron chi connectivity index (χ2n) is 4.26. The lowest BCUT2D eigenvalue weighted by Gasteiger charge is -2.31.